The van der Waals surface area contributed by atoms with Crippen LogP contribution in [0.3, 0.4) is 0 Å². The Kier molecular flexibility index (Phi) is 4.90. The molecule has 1 saturated heterocycles. The molecule has 1 aliphatic heterocycles. The minimum absolute atomic E-state index is 0.00278. The molecule has 0 radical (unpaired) electrons. The fourth-order valence-electron chi connectivity index (χ4n) is 2.17. The second-order valence-electron chi connectivity index (χ2n) is 4.45. The van der Waals surface area contributed by atoms with Crippen molar-refractivity contribution in [2.24, 2.45) is 5.92 Å². The van der Waals surface area contributed by atoms with Gasteiger partial charge in [0.1, 0.15) is 0 Å². The third-order valence-electron chi connectivity index (χ3n) is 3.17. The number of thioether (sulfide) groups is 1. The SMILES string of the molecule is N#CC(NCc1ccccc1)C1CCCSC1. The van der Waals surface area contributed by atoms with Gasteiger partial charge in [-0.2, -0.15) is 17.0 Å². The van der Waals surface area contributed by atoms with Gasteiger partial charge in [0.05, 0.1) is 12.1 Å². The molecular weight excluding hydrogens is 228 g/mol. The Morgan fingerprint density at radius 3 is 2.88 bits per heavy atom. The first kappa shape index (κ1) is 12.5. The van der Waals surface area contributed by atoms with Gasteiger partial charge in [-0.05, 0) is 35.8 Å². The highest BCUT2D eigenvalue weighted by Gasteiger charge is 2.23. The molecule has 2 atom stereocenters. The van der Waals surface area contributed by atoms with E-state index in [-0.39, 0.29) is 6.04 Å². The van der Waals surface area contributed by atoms with Crippen molar-refractivity contribution in [2.45, 2.75) is 25.4 Å². The molecule has 0 amide bonds. The molecule has 1 aromatic carbocycles. The van der Waals surface area contributed by atoms with Crippen LogP contribution in [0.5, 0.6) is 0 Å². The smallest absolute Gasteiger partial charge is 0.0991 e. The van der Waals surface area contributed by atoms with Crippen molar-refractivity contribution in [2.75, 3.05) is 11.5 Å². The summed E-state index contributed by atoms with van der Waals surface area (Å²) in [5.74, 6) is 2.90. The van der Waals surface area contributed by atoms with E-state index < -0.39 is 0 Å². The molecule has 1 aliphatic rings. The second kappa shape index (κ2) is 6.68. The predicted molar refractivity (Wildman–Crippen MR) is 72.7 cm³/mol. The monoisotopic (exact) mass is 246 g/mol. The van der Waals surface area contributed by atoms with Crippen molar-refractivity contribution in [1.82, 2.24) is 5.32 Å². The summed E-state index contributed by atoms with van der Waals surface area (Å²) in [6.07, 6.45) is 2.44. The highest BCUT2D eigenvalue weighted by molar-refractivity contribution is 7.99. The first-order valence-corrected chi connectivity index (χ1v) is 7.30. The van der Waals surface area contributed by atoms with Crippen molar-refractivity contribution in [3.05, 3.63) is 35.9 Å². The molecule has 17 heavy (non-hydrogen) atoms. The second-order valence-corrected chi connectivity index (χ2v) is 5.60. The van der Waals surface area contributed by atoms with Crippen LogP contribution in [0.15, 0.2) is 30.3 Å². The number of nitrogens with zero attached hydrogens (tertiary/aromatic N) is 1. The van der Waals surface area contributed by atoms with Gasteiger partial charge in [-0.15, -0.1) is 0 Å². The molecule has 0 aliphatic carbocycles. The molecule has 1 heterocycles. The fourth-order valence-corrected chi connectivity index (χ4v) is 3.37. The van der Waals surface area contributed by atoms with E-state index in [1.165, 1.54) is 24.2 Å². The maximum absolute atomic E-state index is 9.23. The normalized spacial score (nSPS) is 21.7. The van der Waals surface area contributed by atoms with Crippen LogP contribution in [-0.4, -0.2) is 17.5 Å². The van der Waals surface area contributed by atoms with Crippen LogP contribution >= 0.6 is 11.8 Å². The molecule has 3 heteroatoms. The van der Waals surface area contributed by atoms with Crippen molar-refractivity contribution in [3.63, 3.8) is 0 Å². The molecule has 1 aromatic rings. The van der Waals surface area contributed by atoms with Crippen LogP contribution in [0, 0.1) is 17.2 Å². The van der Waals surface area contributed by atoms with Gasteiger partial charge in [-0.1, -0.05) is 30.3 Å². The van der Waals surface area contributed by atoms with Crippen LogP contribution in [0.2, 0.25) is 0 Å². The van der Waals surface area contributed by atoms with E-state index in [2.05, 4.69) is 23.5 Å². The number of nitrogens with one attached hydrogen (secondary N) is 1. The van der Waals surface area contributed by atoms with E-state index in [9.17, 15) is 5.26 Å². The molecular formula is C14H18N2S. The van der Waals surface area contributed by atoms with Crippen LogP contribution in [-0.2, 0) is 6.54 Å². The summed E-state index contributed by atoms with van der Waals surface area (Å²) in [5, 5.41) is 12.6. The van der Waals surface area contributed by atoms with Crippen LogP contribution < -0.4 is 5.32 Å². The van der Waals surface area contributed by atoms with Crippen molar-refractivity contribution >= 4 is 11.8 Å². The van der Waals surface area contributed by atoms with Gasteiger partial charge < -0.3 is 0 Å². The lowest BCUT2D eigenvalue weighted by Gasteiger charge is -2.26. The van der Waals surface area contributed by atoms with E-state index in [1.807, 2.05) is 30.0 Å². The maximum Gasteiger partial charge on any atom is 0.0991 e. The molecule has 2 nitrogen and oxygen atoms in total. The zero-order valence-corrected chi connectivity index (χ0v) is 10.7. The molecule has 0 spiro atoms. The number of hydrogen-bond acceptors (Lipinski definition) is 3. The van der Waals surface area contributed by atoms with Crippen LogP contribution in [0.25, 0.3) is 0 Å². The zero-order valence-electron chi connectivity index (χ0n) is 9.93. The number of benzene rings is 1. The minimum Gasteiger partial charge on any atom is -0.298 e. The van der Waals surface area contributed by atoms with Crippen molar-refractivity contribution < 1.29 is 0 Å². The van der Waals surface area contributed by atoms with Gasteiger partial charge in [-0.25, -0.2) is 0 Å². The molecule has 0 aromatic heterocycles. The summed E-state index contributed by atoms with van der Waals surface area (Å²) in [7, 11) is 0. The van der Waals surface area contributed by atoms with E-state index in [0.29, 0.717) is 5.92 Å². The fraction of sp³-hybridized carbons (Fsp3) is 0.500. The highest BCUT2D eigenvalue weighted by atomic mass is 32.2. The van der Waals surface area contributed by atoms with Gasteiger partial charge in [0, 0.05) is 6.54 Å². The van der Waals surface area contributed by atoms with Crippen molar-refractivity contribution in [3.8, 4) is 6.07 Å². The van der Waals surface area contributed by atoms with E-state index in [1.54, 1.807) is 0 Å². The van der Waals surface area contributed by atoms with Crippen LogP contribution in [0.4, 0.5) is 0 Å². The van der Waals surface area contributed by atoms with E-state index >= 15 is 0 Å². The van der Waals surface area contributed by atoms with Gasteiger partial charge >= 0.3 is 0 Å². The summed E-state index contributed by atoms with van der Waals surface area (Å²) in [6, 6.07) is 12.7. The topological polar surface area (TPSA) is 35.8 Å². The Labute approximate surface area is 107 Å². The van der Waals surface area contributed by atoms with E-state index in [0.717, 1.165) is 12.3 Å². The lowest BCUT2D eigenvalue weighted by molar-refractivity contribution is 0.412. The Hall–Kier alpha value is -0.980. The number of nitriles is 1. The number of hydrogen-bond donors (Lipinski definition) is 1. The standard InChI is InChI=1S/C14H18N2S/c15-9-14(13-7-4-8-17-11-13)16-10-12-5-2-1-3-6-12/h1-3,5-6,13-14,16H,4,7-8,10-11H2. The third kappa shape index (κ3) is 3.76. The van der Waals surface area contributed by atoms with Crippen molar-refractivity contribution in [1.29, 1.82) is 5.26 Å². The van der Waals surface area contributed by atoms with Gasteiger partial charge in [0.25, 0.3) is 0 Å². The highest BCUT2D eigenvalue weighted by Crippen LogP contribution is 2.25. The number of rotatable bonds is 4. The Bertz CT molecular complexity index is 366. The molecule has 0 saturated carbocycles. The van der Waals surface area contributed by atoms with Gasteiger partial charge in [0.2, 0.25) is 0 Å². The Balaban J connectivity index is 1.85. The molecule has 2 unspecified atom stereocenters. The first-order valence-electron chi connectivity index (χ1n) is 6.15. The lowest BCUT2D eigenvalue weighted by Crippen LogP contribution is -2.37. The lowest BCUT2D eigenvalue weighted by atomic mass is 9.97. The largest absolute Gasteiger partial charge is 0.298 e. The summed E-state index contributed by atoms with van der Waals surface area (Å²) >= 11 is 1.98. The summed E-state index contributed by atoms with van der Waals surface area (Å²) in [4.78, 5) is 0. The first-order chi connectivity index (χ1) is 8.40. The Morgan fingerprint density at radius 1 is 1.41 bits per heavy atom. The molecule has 0 bridgehead atoms. The third-order valence-corrected chi connectivity index (χ3v) is 4.42. The van der Waals surface area contributed by atoms with E-state index in [4.69, 9.17) is 0 Å². The average molecular weight is 246 g/mol. The summed E-state index contributed by atoms with van der Waals surface area (Å²) in [6.45, 7) is 0.792. The molecule has 2 rings (SSSR count). The minimum atomic E-state index is 0.00278. The quantitative estimate of drug-likeness (QED) is 0.887. The summed E-state index contributed by atoms with van der Waals surface area (Å²) in [5.41, 5.74) is 1.25. The summed E-state index contributed by atoms with van der Waals surface area (Å²) < 4.78 is 0. The predicted octanol–water partition coefficient (Wildman–Crippen LogP) is 2.81. The average Bonchev–Trinajstić information content (AvgIpc) is 2.42. The maximum atomic E-state index is 9.23. The zero-order chi connectivity index (χ0) is 11.9. The van der Waals surface area contributed by atoms with Gasteiger partial charge in [-0.3, -0.25) is 5.32 Å². The molecule has 90 valence electrons. The Morgan fingerprint density at radius 2 is 2.24 bits per heavy atom. The van der Waals surface area contributed by atoms with Gasteiger partial charge in [0.15, 0.2) is 0 Å². The molecule has 1 N–H and O–H groups in total. The molecule has 1 fully saturated rings. The van der Waals surface area contributed by atoms with Crippen LogP contribution in [0.1, 0.15) is 18.4 Å².